The van der Waals surface area contributed by atoms with Crippen LogP contribution in [0.5, 0.6) is 0 Å². The lowest BCUT2D eigenvalue weighted by molar-refractivity contribution is 0.0897. The topological polar surface area (TPSA) is 66.3 Å². The Morgan fingerprint density at radius 3 is 2.75 bits per heavy atom. The van der Waals surface area contributed by atoms with Crippen LogP contribution in [-0.4, -0.2) is 38.2 Å². The summed E-state index contributed by atoms with van der Waals surface area (Å²) in [4.78, 5) is 21.6. The van der Waals surface area contributed by atoms with Gasteiger partial charge in [0.15, 0.2) is 11.2 Å². The second kappa shape index (κ2) is 6.52. The molecule has 3 heterocycles. The zero-order valence-electron chi connectivity index (χ0n) is 14.8. The minimum atomic E-state index is -1.12. The van der Waals surface area contributed by atoms with Crippen LogP contribution < -0.4 is 5.56 Å². The average Bonchev–Trinajstić information content (AvgIpc) is 3.13. The lowest BCUT2D eigenvalue weighted by Gasteiger charge is -2.15. The highest BCUT2D eigenvalue weighted by Gasteiger charge is 2.17. The number of aryl methyl sites for hydroxylation is 1. The van der Waals surface area contributed by atoms with Crippen molar-refractivity contribution in [1.29, 1.82) is 0 Å². The molecule has 0 N–H and O–H groups in total. The number of fused-ring (bicyclic) bond motifs is 3. The number of rotatable bonds is 7. The Hall–Kier alpha value is -1.93. The van der Waals surface area contributed by atoms with Gasteiger partial charge in [0.05, 0.1) is 6.33 Å². The van der Waals surface area contributed by atoms with Gasteiger partial charge in [-0.15, -0.1) is 0 Å². The molecule has 130 valence electrons. The third-order valence-electron chi connectivity index (χ3n) is 4.03. The van der Waals surface area contributed by atoms with E-state index in [1.54, 1.807) is 21.7 Å². The summed E-state index contributed by atoms with van der Waals surface area (Å²) >= 11 is 0. The molecule has 0 saturated carbocycles. The maximum absolute atomic E-state index is 12.9. The van der Waals surface area contributed by atoms with Crippen LogP contribution >= 0.6 is 0 Å². The van der Waals surface area contributed by atoms with Gasteiger partial charge in [-0.3, -0.25) is 13.8 Å². The molecule has 24 heavy (non-hydrogen) atoms. The number of nitrogens with zero attached hydrogens (tertiary/aromatic N) is 5. The minimum Gasteiger partial charge on any atom is -0.361 e. The lowest BCUT2D eigenvalue weighted by atomic mass is 10.4. The van der Waals surface area contributed by atoms with Crippen LogP contribution in [0.15, 0.2) is 23.5 Å². The SMILES string of the molecule is CCCn1c(=O)c2c(ncn2COCC[Si](C)(C)C)n2ccnc12. The molecular weight excluding hydrogens is 322 g/mol. The summed E-state index contributed by atoms with van der Waals surface area (Å²) in [7, 11) is -1.12. The fourth-order valence-corrected chi connectivity index (χ4v) is 3.47. The third kappa shape index (κ3) is 3.16. The average molecular weight is 347 g/mol. The third-order valence-corrected chi connectivity index (χ3v) is 5.74. The summed E-state index contributed by atoms with van der Waals surface area (Å²) in [5, 5.41) is 0. The van der Waals surface area contributed by atoms with Gasteiger partial charge < -0.3 is 9.30 Å². The maximum Gasteiger partial charge on any atom is 0.281 e. The number of hydrogen-bond acceptors (Lipinski definition) is 4. The van der Waals surface area contributed by atoms with Crippen molar-refractivity contribution in [1.82, 2.24) is 23.5 Å². The van der Waals surface area contributed by atoms with Crippen molar-refractivity contribution in [2.45, 2.75) is 52.3 Å². The van der Waals surface area contributed by atoms with E-state index in [-0.39, 0.29) is 5.56 Å². The summed E-state index contributed by atoms with van der Waals surface area (Å²) < 4.78 is 11.2. The standard InChI is InChI=1S/C16H25N5O2Si/c1-5-7-21-15(22)13-14(20-8-6-17-16(20)21)18-11-19(13)12-23-9-10-24(2,3)4/h6,8,11H,5,7,9-10,12H2,1-4H3. The fourth-order valence-electron chi connectivity index (χ4n) is 2.71. The van der Waals surface area contributed by atoms with Gasteiger partial charge in [0.25, 0.3) is 5.56 Å². The summed E-state index contributed by atoms with van der Waals surface area (Å²) in [5.74, 6) is 0.638. The highest BCUT2D eigenvalue weighted by atomic mass is 28.3. The van der Waals surface area contributed by atoms with E-state index in [9.17, 15) is 4.79 Å². The Balaban J connectivity index is 1.96. The summed E-state index contributed by atoms with van der Waals surface area (Å²) in [6, 6.07) is 1.10. The van der Waals surface area contributed by atoms with Crippen LogP contribution in [0, 0.1) is 0 Å². The van der Waals surface area contributed by atoms with Crippen LogP contribution in [0.4, 0.5) is 0 Å². The van der Waals surface area contributed by atoms with Crippen molar-refractivity contribution in [2.24, 2.45) is 0 Å². The Bertz CT molecular complexity index is 903. The van der Waals surface area contributed by atoms with Crippen LogP contribution in [-0.2, 0) is 18.0 Å². The van der Waals surface area contributed by atoms with Crippen LogP contribution in [0.3, 0.4) is 0 Å². The summed E-state index contributed by atoms with van der Waals surface area (Å²) in [6.07, 6.45) is 6.08. The molecule has 0 amide bonds. The largest absolute Gasteiger partial charge is 0.361 e. The van der Waals surface area contributed by atoms with Crippen LogP contribution in [0.2, 0.25) is 25.7 Å². The van der Waals surface area contributed by atoms with Gasteiger partial charge in [-0.2, -0.15) is 0 Å². The van der Waals surface area contributed by atoms with Gasteiger partial charge in [-0.05, 0) is 12.5 Å². The van der Waals surface area contributed by atoms with E-state index >= 15 is 0 Å². The van der Waals surface area contributed by atoms with Gasteiger partial charge in [-0.25, -0.2) is 9.97 Å². The number of hydrogen-bond donors (Lipinski definition) is 0. The second-order valence-electron chi connectivity index (χ2n) is 7.29. The van der Waals surface area contributed by atoms with E-state index in [1.165, 1.54) is 0 Å². The number of aromatic nitrogens is 5. The van der Waals surface area contributed by atoms with E-state index < -0.39 is 8.07 Å². The zero-order valence-corrected chi connectivity index (χ0v) is 15.8. The van der Waals surface area contributed by atoms with E-state index in [4.69, 9.17) is 4.74 Å². The molecule has 3 aromatic heterocycles. The molecule has 0 bridgehead atoms. The first-order valence-electron chi connectivity index (χ1n) is 8.41. The van der Waals surface area contributed by atoms with Gasteiger partial charge in [-0.1, -0.05) is 26.6 Å². The molecule has 0 atom stereocenters. The van der Waals surface area contributed by atoms with E-state index in [0.29, 0.717) is 36.8 Å². The molecule has 7 nitrogen and oxygen atoms in total. The molecule has 0 aliphatic rings. The smallest absolute Gasteiger partial charge is 0.281 e. The predicted octanol–water partition coefficient (Wildman–Crippen LogP) is 2.57. The molecule has 3 aromatic rings. The van der Waals surface area contributed by atoms with Crippen molar-refractivity contribution in [3.63, 3.8) is 0 Å². The Morgan fingerprint density at radius 1 is 1.25 bits per heavy atom. The number of imidazole rings is 2. The predicted molar refractivity (Wildman–Crippen MR) is 97.1 cm³/mol. The van der Waals surface area contributed by atoms with Crippen molar-refractivity contribution < 1.29 is 4.74 Å². The molecule has 8 heteroatoms. The monoisotopic (exact) mass is 347 g/mol. The van der Waals surface area contributed by atoms with E-state index in [1.807, 2.05) is 17.5 Å². The first-order valence-corrected chi connectivity index (χ1v) is 12.1. The van der Waals surface area contributed by atoms with E-state index in [2.05, 4.69) is 29.6 Å². The van der Waals surface area contributed by atoms with Gasteiger partial charge >= 0.3 is 0 Å². The molecule has 0 saturated heterocycles. The Morgan fingerprint density at radius 2 is 2.04 bits per heavy atom. The van der Waals surface area contributed by atoms with Gasteiger partial charge in [0.2, 0.25) is 5.78 Å². The van der Waals surface area contributed by atoms with Crippen LogP contribution in [0.25, 0.3) is 16.9 Å². The van der Waals surface area contributed by atoms with Gasteiger partial charge in [0, 0.05) is 33.6 Å². The fraction of sp³-hybridized carbons (Fsp3) is 0.562. The number of ether oxygens (including phenoxy) is 1. The highest BCUT2D eigenvalue weighted by Crippen LogP contribution is 2.13. The van der Waals surface area contributed by atoms with Crippen molar-refractivity contribution in [2.75, 3.05) is 6.61 Å². The molecule has 0 aliphatic carbocycles. The van der Waals surface area contributed by atoms with Crippen molar-refractivity contribution in [3.05, 3.63) is 29.1 Å². The Kier molecular flexibility index (Phi) is 4.59. The highest BCUT2D eigenvalue weighted by molar-refractivity contribution is 6.76. The summed E-state index contributed by atoms with van der Waals surface area (Å²) in [6.45, 7) is 10.7. The molecule has 0 spiro atoms. The maximum atomic E-state index is 12.9. The summed E-state index contributed by atoms with van der Waals surface area (Å²) in [5.41, 5.74) is 1.15. The lowest BCUT2D eigenvalue weighted by Crippen LogP contribution is -2.25. The van der Waals surface area contributed by atoms with Crippen molar-refractivity contribution in [3.8, 4) is 0 Å². The zero-order chi connectivity index (χ0) is 17.3. The molecular formula is C16H25N5O2Si. The second-order valence-corrected chi connectivity index (χ2v) is 12.9. The van der Waals surface area contributed by atoms with E-state index in [0.717, 1.165) is 12.5 Å². The van der Waals surface area contributed by atoms with Gasteiger partial charge in [0.1, 0.15) is 6.73 Å². The van der Waals surface area contributed by atoms with Crippen LogP contribution in [0.1, 0.15) is 13.3 Å². The molecule has 0 unspecified atom stereocenters. The molecule has 0 fully saturated rings. The molecule has 0 radical (unpaired) electrons. The quantitative estimate of drug-likeness (QED) is 0.487. The minimum absolute atomic E-state index is 0.0585. The normalized spacial score (nSPS) is 12.5. The first-order chi connectivity index (χ1) is 11.4. The molecule has 0 aromatic carbocycles. The Labute approximate surface area is 141 Å². The first kappa shape index (κ1) is 16.9. The van der Waals surface area contributed by atoms with Crippen molar-refractivity contribution >= 4 is 25.0 Å². The molecule has 0 aliphatic heterocycles. The molecule has 3 rings (SSSR count).